The van der Waals surface area contributed by atoms with Crippen LogP contribution in [-0.4, -0.2) is 34.8 Å². The van der Waals surface area contributed by atoms with Gasteiger partial charge < -0.3 is 14.2 Å². The molecule has 20 heavy (non-hydrogen) atoms. The van der Waals surface area contributed by atoms with Crippen molar-refractivity contribution in [3.63, 3.8) is 0 Å². The van der Waals surface area contributed by atoms with Crippen LogP contribution < -0.4 is 14.2 Å². The highest BCUT2D eigenvalue weighted by molar-refractivity contribution is 5.09. The Bertz CT molecular complexity index is 367. The van der Waals surface area contributed by atoms with Crippen molar-refractivity contribution in [3.05, 3.63) is 25.3 Å². The first kappa shape index (κ1) is 17.9. The standard InChI is InChI=1S/C11H15N3O3.C3H8/c1-4-7-16-10-12-9(15-6-3)13-11(14-10)17-8-5-2;1-3-2/h4-5H,1-2,6-8H2,3H3;3H2,1-2H3. The second kappa shape index (κ2) is 12.0. The molecule has 0 amide bonds. The highest BCUT2D eigenvalue weighted by Crippen LogP contribution is 2.14. The molecule has 0 aliphatic carbocycles. The number of nitrogens with zero attached hydrogens (tertiary/aromatic N) is 3. The molecule has 0 aliphatic rings. The minimum absolute atomic E-state index is 0.141. The van der Waals surface area contributed by atoms with E-state index in [2.05, 4.69) is 42.0 Å². The Labute approximate surface area is 120 Å². The fraction of sp³-hybridized carbons (Fsp3) is 0.500. The summed E-state index contributed by atoms with van der Waals surface area (Å²) in [6.45, 7) is 14.2. The maximum atomic E-state index is 5.20. The molecule has 0 unspecified atom stereocenters. The highest BCUT2D eigenvalue weighted by atomic mass is 16.5. The molecular weight excluding hydrogens is 258 g/mol. The van der Waals surface area contributed by atoms with Gasteiger partial charge in [-0.05, 0) is 6.92 Å². The molecule has 0 aromatic carbocycles. The van der Waals surface area contributed by atoms with Crippen molar-refractivity contribution in [1.29, 1.82) is 0 Å². The zero-order valence-corrected chi connectivity index (χ0v) is 12.5. The second-order valence-corrected chi connectivity index (χ2v) is 3.52. The topological polar surface area (TPSA) is 66.4 Å². The molecule has 0 saturated carbocycles. The van der Waals surface area contributed by atoms with Gasteiger partial charge in [-0.1, -0.05) is 45.6 Å². The first-order chi connectivity index (χ1) is 9.71. The predicted octanol–water partition coefficient (Wildman–Crippen LogP) is 2.82. The summed E-state index contributed by atoms with van der Waals surface area (Å²) < 4.78 is 15.6. The lowest BCUT2D eigenvalue weighted by molar-refractivity contribution is 0.262. The molecule has 1 rings (SSSR count). The van der Waals surface area contributed by atoms with Gasteiger partial charge in [-0.15, -0.1) is 15.0 Å². The van der Waals surface area contributed by atoms with E-state index >= 15 is 0 Å². The molecule has 6 nitrogen and oxygen atoms in total. The van der Waals surface area contributed by atoms with E-state index in [4.69, 9.17) is 14.2 Å². The second-order valence-electron chi connectivity index (χ2n) is 3.52. The van der Waals surface area contributed by atoms with Gasteiger partial charge in [0.2, 0.25) is 0 Å². The average molecular weight is 281 g/mol. The van der Waals surface area contributed by atoms with E-state index in [-0.39, 0.29) is 18.0 Å². The summed E-state index contributed by atoms with van der Waals surface area (Å²) in [5.41, 5.74) is 0. The summed E-state index contributed by atoms with van der Waals surface area (Å²) in [6.07, 6.45) is 4.43. The molecular formula is C14H23N3O3. The van der Waals surface area contributed by atoms with E-state index in [0.29, 0.717) is 19.8 Å². The molecule has 112 valence electrons. The Morgan fingerprint density at radius 2 is 1.15 bits per heavy atom. The van der Waals surface area contributed by atoms with Crippen molar-refractivity contribution >= 4 is 0 Å². The fourth-order valence-corrected chi connectivity index (χ4v) is 0.910. The molecule has 0 radical (unpaired) electrons. The van der Waals surface area contributed by atoms with Crippen molar-refractivity contribution in [2.24, 2.45) is 0 Å². The Morgan fingerprint density at radius 3 is 1.45 bits per heavy atom. The van der Waals surface area contributed by atoms with Gasteiger partial charge in [-0.2, -0.15) is 0 Å². The minimum Gasteiger partial charge on any atom is -0.464 e. The third-order valence-electron chi connectivity index (χ3n) is 1.51. The maximum absolute atomic E-state index is 5.20. The molecule has 0 aliphatic heterocycles. The molecule has 0 fully saturated rings. The molecule has 0 atom stereocenters. The summed E-state index contributed by atoms with van der Waals surface area (Å²) in [5.74, 6) is 0. The first-order valence-corrected chi connectivity index (χ1v) is 6.57. The van der Waals surface area contributed by atoms with Gasteiger partial charge in [0, 0.05) is 0 Å². The number of ether oxygens (including phenoxy) is 3. The van der Waals surface area contributed by atoms with Gasteiger partial charge in [0.25, 0.3) is 0 Å². The van der Waals surface area contributed by atoms with Gasteiger partial charge in [0.05, 0.1) is 6.61 Å². The molecule has 6 heteroatoms. The number of hydrogen-bond acceptors (Lipinski definition) is 6. The summed E-state index contributed by atoms with van der Waals surface area (Å²) in [5, 5.41) is 0. The van der Waals surface area contributed by atoms with Crippen LogP contribution in [0.4, 0.5) is 0 Å². The molecule has 0 bridgehead atoms. The quantitative estimate of drug-likeness (QED) is 0.683. The lowest BCUT2D eigenvalue weighted by Gasteiger charge is -2.07. The van der Waals surface area contributed by atoms with Gasteiger partial charge >= 0.3 is 18.0 Å². The van der Waals surface area contributed by atoms with Gasteiger partial charge in [-0.25, -0.2) is 0 Å². The maximum Gasteiger partial charge on any atom is 0.326 e. The van der Waals surface area contributed by atoms with Crippen LogP contribution in [0.5, 0.6) is 18.0 Å². The van der Waals surface area contributed by atoms with Gasteiger partial charge in [-0.3, -0.25) is 0 Å². The third kappa shape index (κ3) is 8.07. The van der Waals surface area contributed by atoms with Crippen LogP contribution in [0.2, 0.25) is 0 Å². The van der Waals surface area contributed by atoms with Crippen LogP contribution in [0.3, 0.4) is 0 Å². The monoisotopic (exact) mass is 281 g/mol. The highest BCUT2D eigenvalue weighted by Gasteiger charge is 2.08. The normalized spacial score (nSPS) is 8.95. The Kier molecular flexibility index (Phi) is 10.7. The van der Waals surface area contributed by atoms with Crippen LogP contribution in [0.25, 0.3) is 0 Å². The smallest absolute Gasteiger partial charge is 0.326 e. The number of aromatic nitrogens is 3. The van der Waals surface area contributed by atoms with Crippen LogP contribution in [0.15, 0.2) is 25.3 Å². The zero-order valence-electron chi connectivity index (χ0n) is 12.5. The van der Waals surface area contributed by atoms with E-state index in [0.717, 1.165) is 0 Å². The van der Waals surface area contributed by atoms with Crippen molar-refractivity contribution in [2.45, 2.75) is 27.2 Å². The Hall–Kier alpha value is -2.11. The van der Waals surface area contributed by atoms with Crippen LogP contribution in [0, 0.1) is 0 Å². The largest absolute Gasteiger partial charge is 0.464 e. The average Bonchev–Trinajstić information content (AvgIpc) is 2.44. The predicted molar refractivity (Wildman–Crippen MR) is 78.3 cm³/mol. The molecule has 1 aromatic heterocycles. The lowest BCUT2D eigenvalue weighted by Crippen LogP contribution is -2.07. The van der Waals surface area contributed by atoms with E-state index in [1.165, 1.54) is 6.42 Å². The number of hydrogen-bond donors (Lipinski definition) is 0. The van der Waals surface area contributed by atoms with E-state index in [9.17, 15) is 0 Å². The SMILES string of the molecule is C=CCOc1nc(OCC)nc(OCC=C)n1.CCC. The summed E-state index contributed by atoms with van der Waals surface area (Å²) in [4.78, 5) is 11.8. The molecule has 0 saturated heterocycles. The van der Waals surface area contributed by atoms with Gasteiger partial charge in [0.1, 0.15) is 13.2 Å². The minimum atomic E-state index is 0.141. The molecule has 1 aromatic rings. The molecule has 0 N–H and O–H groups in total. The van der Waals surface area contributed by atoms with Gasteiger partial charge in [0.15, 0.2) is 0 Å². The van der Waals surface area contributed by atoms with Crippen molar-refractivity contribution < 1.29 is 14.2 Å². The van der Waals surface area contributed by atoms with Crippen LogP contribution >= 0.6 is 0 Å². The van der Waals surface area contributed by atoms with E-state index in [1.54, 1.807) is 12.2 Å². The summed E-state index contributed by atoms with van der Waals surface area (Å²) >= 11 is 0. The van der Waals surface area contributed by atoms with Crippen molar-refractivity contribution in [1.82, 2.24) is 15.0 Å². The lowest BCUT2D eigenvalue weighted by atomic mass is 10.6. The Balaban J connectivity index is 0.00000110. The Morgan fingerprint density at radius 1 is 0.800 bits per heavy atom. The van der Waals surface area contributed by atoms with Crippen molar-refractivity contribution in [3.8, 4) is 18.0 Å². The first-order valence-electron chi connectivity index (χ1n) is 6.57. The van der Waals surface area contributed by atoms with E-state index < -0.39 is 0 Å². The van der Waals surface area contributed by atoms with Crippen LogP contribution in [-0.2, 0) is 0 Å². The third-order valence-corrected chi connectivity index (χ3v) is 1.51. The number of rotatable bonds is 8. The van der Waals surface area contributed by atoms with E-state index in [1.807, 2.05) is 6.92 Å². The van der Waals surface area contributed by atoms with Crippen LogP contribution in [0.1, 0.15) is 27.2 Å². The molecule has 1 heterocycles. The summed E-state index contributed by atoms with van der Waals surface area (Å²) in [7, 11) is 0. The zero-order chi connectivity index (χ0) is 15.2. The summed E-state index contributed by atoms with van der Waals surface area (Å²) in [6, 6.07) is 0.449. The van der Waals surface area contributed by atoms with Crippen molar-refractivity contribution in [2.75, 3.05) is 19.8 Å². The fourth-order valence-electron chi connectivity index (χ4n) is 0.910. The molecule has 0 spiro atoms.